The fraction of sp³-hybridized carbons (Fsp3) is 0.391. The molecule has 1 aliphatic carbocycles. The van der Waals surface area contributed by atoms with Gasteiger partial charge in [0.1, 0.15) is 11.6 Å². The van der Waals surface area contributed by atoms with E-state index in [1.54, 1.807) is 0 Å². The van der Waals surface area contributed by atoms with Crippen LogP contribution in [0.15, 0.2) is 45.3 Å². The molecule has 0 bridgehead atoms. The molecule has 8 heteroatoms. The summed E-state index contributed by atoms with van der Waals surface area (Å²) in [6.45, 7) is 0.645. The van der Waals surface area contributed by atoms with Gasteiger partial charge in [-0.15, -0.1) is 0 Å². The molecule has 0 radical (unpaired) electrons. The van der Waals surface area contributed by atoms with Crippen molar-refractivity contribution in [3.05, 3.63) is 50.9 Å². The van der Waals surface area contributed by atoms with Crippen molar-refractivity contribution >= 4 is 54.5 Å². The van der Waals surface area contributed by atoms with E-state index in [4.69, 9.17) is 9.97 Å². The summed E-state index contributed by atoms with van der Waals surface area (Å²) in [5.41, 5.74) is 1.85. The van der Waals surface area contributed by atoms with Gasteiger partial charge in [0.05, 0.1) is 9.99 Å². The zero-order valence-electron chi connectivity index (χ0n) is 17.7. The molecule has 0 spiro atoms. The van der Waals surface area contributed by atoms with E-state index in [1.165, 1.54) is 0 Å². The maximum Gasteiger partial charge on any atom is 0.225 e. The van der Waals surface area contributed by atoms with Gasteiger partial charge in [0, 0.05) is 48.1 Å². The van der Waals surface area contributed by atoms with Crippen LogP contribution in [0.2, 0.25) is 0 Å². The Kier molecular flexibility index (Phi) is 6.99. The van der Waals surface area contributed by atoms with Crippen molar-refractivity contribution in [3.8, 4) is 5.75 Å². The molecular formula is C23H27Br2N5O. The molecule has 1 aromatic heterocycles. The normalized spacial score (nSPS) is 18.8. The van der Waals surface area contributed by atoms with Gasteiger partial charge in [-0.05, 0) is 65.9 Å². The maximum atomic E-state index is 10.3. The Labute approximate surface area is 199 Å². The van der Waals surface area contributed by atoms with Crippen LogP contribution >= 0.6 is 31.9 Å². The summed E-state index contributed by atoms with van der Waals surface area (Å²) in [4.78, 5) is 11.5. The Bertz CT molecular complexity index is 1070. The van der Waals surface area contributed by atoms with Crippen LogP contribution in [-0.2, 0) is 6.54 Å². The Morgan fingerprint density at radius 1 is 1.03 bits per heavy atom. The van der Waals surface area contributed by atoms with E-state index in [0.29, 0.717) is 34.8 Å². The molecule has 1 aliphatic rings. The minimum absolute atomic E-state index is 0.302. The summed E-state index contributed by atoms with van der Waals surface area (Å²) >= 11 is 6.89. The summed E-state index contributed by atoms with van der Waals surface area (Å²) in [6.07, 6.45) is 4.25. The van der Waals surface area contributed by atoms with Crippen molar-refractivity contribution in [1.29, 1.82) is 0 Å². The van der Waals surface area contributed by atoms with Crippen LogP contribution in [-0.4, -0.2) is 41.3 Å². The molecule has 1 heterocycles. The molecule has 0 saturated heterocycles. The van der Waals surface area contributed by atoms with Crippen LogP contribution in [0.5, 0.6) is 5.75 Å². The van der Waals surface area contributed by atoms with E-state index in [0.717, 1.165) is 52.4 Å². The van der Waals surface area contributed by atoms with E-state index in [-0.39, 0.29) is 0 Å². The first-order chi connectivity index (χ1) is 14.9. The second-order valence-corrected chi connectivity index (χ2v) is 10.0. The lowest BCUT2D eigenvalue weighted by Gasteiger charge is -2.30. The summed E-state index contributed by atoms with van der Waals surface area (Å²) in [7, 11) is 4.02. The van der Waals surface area contributed by atoms with Crippen LogP contribution in [0.4, 0.5) is 11.8 Å². The zero-order valence-corrected chi connectivity index (χ0v) is 20.9. The third-order valence-electron chi connectivity index (χ3n) is 5.76. The molecule has 3 N–H and O–H groups in total. The number of aromatic hydroxyl groups is 1. The number of benzene rings is 2. The SMILES string of the molecule is CN(C)c1nc(N[C@H]2CC[C@@H](NCc3cc(Br)cc(Br)c3O)CC2)nc2ccccc12. The molecule has 0 amide bonds. The molecule has 2 aromatic carbocycles. The van der Waals surface area contributed by atoms with E-state index in [1.807, 2.05) is 49.3 Å². The maximum absolute atomic E-state index is 10.3. The standard InChI is InChI=1S/C23H27Br2N5O/c1-30(2)22-18-5-3-4-6-20(18)28-23(29-22)27-17-9-7-16(8-10-17)26-13-14-11-15(24)12-19(25)21(14)31/h3-6,11-12,16-17,26,31H,7-10,13H2,1-2H3,(H,27,28,29)/t16-,17+. The van der Waals surface area contributed by atoms with Gasteiger partial charge in [-0.1, -0.05) is 28.1 Å². The Morgan fingerprint density at radius 2 is 1.74 bits per heavy atom. The first-order valence-electron chi connectivity index (χ1n) is 10.5. The van der Waals surface area contributed by atoms with Crippen molar-refractivity contribution < 1.29 is 5.11 Å². The number of phenolic OH excluding ortho intramolecular Hbond substituents is 1. The highest BCUT2D eigenvalue weighted by Gasteiger charge is 2.22. The van der Waals surface area contributed by atoms with Gasteiger partial charge in [0.15, 0.2) is 0 Å². The van der Waals surface area contributed by atoms with Gasteiger partial charge in [0.2, 0.25) is 5.95 Å². The first kappa shape index (κ1) is 22.3. The number of hydrogen-bond acceptors (Lipinski definition) is 6. The molecule has 0 aliphatic heterocycles. The number of phenols is 1. The fourth-order valence-corrected chi connectivity index (χ4v) is 5.41. The largest absolute Gasteiger partial charge is 0.506 e. The fourth-order valence-electron chi connectivity index (χ4n) is 4.10. The summed E-state index contributed by atoms with van der Waals surface area (Å²) in [5.74, 6) is 1.93. The highest BCUT2D eigenvalue weighted by Crippen LogP contribution is 2.32. The molecular weight excluding hydrogens is 522 g/mol. The number of nitrogens with one attached hydrogen (secondary N) is 2. The van der Waals surface area contributed by atoms with E-state index < -0.39 is 0 Å². The number of rotatable bonds is 6. The van der Waals surface area contributed by atoms with Crippen molar-refractivity contribution in [3.63, 3.8) is 0 Å². The lowest BCUT2D eigenvalue weighted by molar-refractivity contribution is 0.349. The van der Waals surface area contributed by atoms with E-state index in [9.17, 15) is 5.11 Å². The van der Waals surface area contributed by atoms with E-state index >= 15 is 0 Å². The van der Waals surface area contributed by atoms with Crippen molar-refractivity contribution in [2.24, 2.45) is 0 Å². The molecule has 3 aromatic rings. The molecule has 0 unspecified atom stereocenters. The molecule has 31 heavy (non-hydrogen) atoms. The summed E-state index contributed by atoms with van der Waals surface area (Å²) in [6, 6.07) is 12.7. The average Bonchev–Trinajstić information content (AvgIpc) is 2.75. The first-order valence-corrected chi connectivity index (χ1v) is 12.1. The number of para-hydroxylation sites is 1. The summed E-state index contributed by atoms with van der Waals surface area (Å²) < 4.78 is 1.66. The lowest BCUT2D eigenvalue weighted by Crippen LogP contribution is -2.37. The average molecular weight is 549 g/mol. The quantitative estimate of drug-likeness (QED) is 0.381. The van der Waals surface area contributed by atoms with Gasteiger partial charge in [-0.3, -0.25) is 0 Å². The lowest BCUT2D eigenvalue weighted by atomic mass is 9.91. The molecule has 1 fully saturated rings. The molecule has 0 atom stereocenters. The van der Waals surface area contributed by atoms with Gasteiger partial charge in [-0.2, -0.15) is 4.98 Å². The Balaban J connectivity index is 1.35. The Morgan fingerprint density at radius 3 is 2.48 bits per heavy atom. The predicted molar refractivity (Wildman–Crippen MR) is 134 cm³/mol. The molecule has 1 saturated carbocycles. The van der Waals surface area contributed by atoms with Crippen molar-refractivity contribution in [1.82, 2.24) is 15.3 Å². The van der Waals surface area contributed by atoms with Gasteiger partial charge in [0.25, 0.3) is 0 Å². The van der Waals surface area contributed by atoms with Crippen molar-refractivity contribution in [2.75, 3.05) is 24.3 Å². The number of hydrogen-bond donors (Lipinski definition) is 3. The second-order valence-electron chi connectivity index (χ2n) is 8.25. The molecule has 6 nitrogen and oxygen atoms in total. The highest BCUT2D eigenvalue weighted by molar-refractivity contribution is 9.11. The second kappa shape index (κ2) is 9.71. The number of anilines is 2. The van der Waals surface area contributed by atoms with Gasteiger partial charge < -0.3 is 20.6 Å². The minimum atomic E-state index is 0.302. The summed E-state index contributed by atoms with van der Waals surface area (Å²) in [5, 5.41) is 18.5. The number of aromatic nitrogens is 2. The minimum Gasteiger partial charge on any atom is -0.506 e. The van der Waals surface area contributed by atoms with Crippen LogP contribution in [0.1, 0.15) is 31.2 Å². The molecule has 4 rings (SSSR count). The third-order valence-corrected chi connectivity index (χ3v) is 6.82. The van der Waals surface area contributed by atoms with Crippen LogP contribution in [0, 0.1) is 0 Å². The highest BCUT2D eigenvalue weighted by atomic mass is 79.9. The predicted octanol–water partition coefficient (Wildman–Crippen LogP) is 5.44. The number of fused-ring (bicyclic) bond motifs is 1. The zero-order chi connectivity index (χ0) is 22.0. The van der Waals surface area contributed by atoms with Crippen molar-refractivity contribution in [2.45, 2.75) is 44.3 Å². The molecule has 164 valence electrons. The Hall–Kier alpha value is -1.90. The van der Waals surface area contributed by atoms with Gasteiger partial charge >= 0.3 is 0 Å². The monoisotopic (exact) mass is 547 g/mol. The number of nitrogens with zero attached hydrogens (tertiary/aromatic N) is 3. The van der Waals surface area contributed by atoms with Crippen LogP contribution < -0.4 is 15.5 Å². The number of halogens is 2. The van der Waals surface area contributed by atoms with Crippen LogP contribution in [0.3, 0.4) is 0 Å². The smallest absolute Gasteiger partial charge is 0.225 e. The topological polar surface area (TPSA) is 73.3 Å². The van der Waals surface area contributed by atoms with Crippen LogP contribution in [0.25, 0.3) is 10.9 Å². The van der Waals surface area contributed by atoms with Gasteiger partial charge in [-0.25, -0.2) is 4.98 Å². The third kappa shape index (κ3) is 5.30. The van der Waals surface area contributed by atoms with E-state index in [2.05, 4.69) is 48.6 Å².